The second kappa shape index (κ2) is 24.5. The number of nitrogens with two attached hydrogens (primary N) is 1. The average Bonchev–Trinajstić information content (AvgIpc) is 3.98. The number of amides is 2. The van der Waals surface area contributed by atoms with Crippen LogP contribution in [0.5, 0.6) is 5.75 Å². The molecule has 20 heteroatoms. The number of fused-ring (bicyclic) bond motifs is 1. The zero-order chi connectivity index (χ0) is 55.2. The van der Waals surface area contributed by atoms with Crippen molar-refractivity contribution in [2.45, 2.75) is 74.5 Å². The van der Waals surface area contributed by atoms with Crippen LogP contribution in [0.25, 0.3) is 11.3 Å². The van der Waals surface area contributed by atoms with Crippen LogP contribution in [-0.2, 0) is 52.7 Å². The quantitative estimate of drug-likeness (QED) is 0.0123. The highest BCUT2D eigenvalue weighted by Crippen LogP contribution is 2.43. The van der Waals surface area contributed by atoms with Crippen molar-refractivity contribution in [3.05, 3.63) is 196 Å². The summed E-state index contributed by atoms with van der Waals surface area (Å²) in [6, 6.07) is 47.5. The molecule has 1 fully saturated rings. The average molecular weight is 1140 g/mol. The van der Waals surface area contributed by atoms with Gasteiger partial charge >= 0.3 is 17.1 Å². The minimum absolute atomic E-state index is 0. The van der Waals surface area contributed by atoms with Gasteiger partial charge in [0.15, 0.2) is 10.8 Å². The molecule has 0 bridgehead atoms. The molecule has 2 unspecified atom stereocenters. The van der Waals surface area contributed by atoms with Gasteiger partial charge in [-0.1, -0.05) is 139 Å². The van der Waals surface area contributed by atoms with Crippen LogP contribution < -0.4 is 38.1 Å². The Bertz CT molecular complexity index is 3280. The Morgan fingerprint density at radius 1 is 0.835 bits per heavy atom. The summed E-state index contributed by atoms with van der Waals surface area (Å²) in [5, 5.41) is 12.9. The topological polar surface area (TPSA) is 201 Å². The molecule has 408 valence electrons. The summed E-state index contributed by atoms with van der Waals surface area (Å²) in [5.41, 5.74) is 8.67. The molecule has 2 aliphatic heterocycles. The number of thioether (sulfide) groups is 2. The molecule has 2 atom stereocenters. The summed E-state index contributed by atoms with van der Waals surface area (Å²) in [4.78, 5) is 74.2. The number of hydrogen-bond acceptors (Lipinski definition) is 16. The van der Waals surface area contributed by atoms with E-state index in [1.54, 1.807) is 63.6 Å². The van der Waals surface area contributed by atoms with Crippen molar-refractivity contribution >= 4 is 75.3 Å². The molecular formula is C59H59ClN8O8S3. The van der Waals surface area contributed by atoms with Crippen LogP contribution in [0, 0.1) is 0 Å². The lowest BCUT2D eigenvalue weighted by Crippen LogP contribution is -3.00. The smallest absolute Gasteiger partial charge is 0.362 e. The van der Waals surface area contributed by atoms with Gasteiger partial charge in [0.25, 0.3) is 11.8 Å². The fourth-order valence-corrected chi connectivity index (χ4v) is 12.1. The highest BCUT2D eigenvalue weighted by Gasteiger charge is 2.55. The zero-order valence-corrected chi connectivity index (χ0v) is 47.7. The molecule has 2 aliphatic rings. The Balaban J connectivity index is 0.00000822. The number of methoxy groups -OCH3 is 1. The van der Waals surface area contributed by atoms with Gasteiger partial charge in [0.05, 0.1) is 20.2 Å². The number of nitrogens with zero attached hydrogens (tertiary/aromatic N) is 5. The number of nitrogens with one attached hydrogen (secondary N) is 2. The summed E-state index contributed by atoms with van der Waals surface area (Å²) in [6.07, 6.45) is 0. The van der Waals surface area contributed by atoms with E-state index in [0.29, 0.717) is 38.7 Å². The molecule has 1 saturated heterocycles. The second-order valence-corrected chi connectivity index (χ2v) is 22.8. The number of esters is 2. The first-order valence-electron chi connectivity index (χ1n) is 25.0. The fourth-order valence-electron chi connectivity index (χ4n) is 8.84. The minimum atomic E-state index is -1.66. The van der Waals surface area contributed by atoms with Gasteiger partial charge in [-0.15, -0.1) is 23.1 Å². The summed E-state index contributed by atoms with van der Waals surface area (Å²) in [5.74, 6) is -1.26. The maximum absolute atomic E-state index is 14.9. The number of β-lactam (4-membered cyclic amide) rings is 1. The van der Waals surface area contributed by atoms with Crippen molar-refractivity contribution in [1.29, 1.82) is 0 Å². The zero-order valence-electron chi connectivity index (χ0n) is 44.5. The third-order valence-electron chi connectivity index (χ3n) is 12.8. The van der Waals surface area contributed by atoms with Crippen molar-refractivity contribution in [1.82, 2.24) is 20.2 Å². The molecule has 5 aromatic carbocycles. The first-order valence-corrected chi connectivity index (χ1v) is 27.9. The van der Waals surface area contributed by atoms with Gasteiger partial charge in [-0.05, 0) is 91.3 Å². The minimum Gasteiger partial charge on any atom is -1.00 e. The van der Waals surface area contributed by atoms with Gasteiger partial charge in [-0.2, -0.15) is 0 Å². The standard InChI is InChI=1S/C59H58N8O8S3.ClH/c1-57(2,3)74-54(71)58(4,5)75-65-47(44-36-77-55(61-44)64-59(40-22-14-9-15-23-40,41-24-16-10-17-25-41)42-26-18-11-19-27-42)50(68)63-48-51(69)67-49(53(70)73-33-37-28-30-43(72-7)31-29-37)39(34-76-52(48)67)35-78-56-62-46(60)32-45(66(56)6)38-20-12-8-13-21-38;/h8-32,36,48,52,60H,33-35H2,1-7H3,(H2,61,63,64,68);1H/b65-47-;. The Kier molecular flexibility index (Phi) is 17.8. The first kappa shape index (κ1) is 57.5. The Labute approximate surface area is 477 Å². The van der Waals surface area contributed by atoms with Gasteiger partial charge in [0, 0.05) is 22.4 Å². The van der Waals surface area contributed by atoms with Gasteiger partial charge in [0.1, 0.15) is 52.0 Å². The Hall–Kier alpha value is -7.71. The van der Waals surface area contributed by atoms with Crippen molar-refractivity contribution < 1.29 is 55.2 Å². The third-order valence-corrected chi connectivity index (χ3v) is 16.0. The number of oxime groups is 1. The summed E-state index contributed by atoms with van der Waals surface area (Å²) in [6.45, 7) is 8.09. The fraction of sp³-hybridized carbons (Fsp3) is 0.254. The molecule has 0 radical (unpaired) electrons. The van der Waals surface area contributed by atoms with Gasteiger partial charge in [0.2, 0.25) is 11.4 Å². The van der Waals surface area contributed by atoms with E-state index in [9.17, 15) is 19.2 Å². The van der Waals surface area contributed by atoms with Crippen LogP contribution >= 0.6 is 34.9 Å². The van der Waals surface area contributed by atoms with E-state index in [1.165, 1.54) is 53.6 Å². The van der Waals surface area contributed by atoms with E-state index in [0.717, 1.165) is 27.9 Å². The predicted octanol–water partition coefficient (Wildman–Crippen LogP) is 6.06. The van der Waals surface area contributed by atoms with Crippen LogP contribution in [-0.4, -0.2) is 85.6 Å². The van der Waals surface area contributed by atoms with Crippen molar-refractivity contribution in [2.24, 2.45) is 12.2 Å². The number of carbonyl (C=O) groups excluding carboxylic acids is 4. The monoisotopic (exact) mass is 1140 g/mol. The van der Waals surface area contributed by atoms with E-state index in [4.69, 9.17) is 29.8 Å². The molecule has 2 aromatic heterocycles. The van der Waals surface area contributed by atoms with E-state index in [2.05, 4.69) is 20.8 Å². The Morgan fingerprint density at radius 3 is 1.99 bits per heavy atom. The van der Waals surface area contributed by atoms with E-state index >= 15 is 0 Å². The first-order chi connectivity index (χ1) is 37.5. The number of halogens is 1. The molecule has 9 rings (SSSR count). The maximum atomic E-state index is 14.9. The number of anilines is 2. The normalized spacial score (nSPS) is 15.5. The lowest BCUT2D eigenvalue weighted by atomic mass is 9.77. The van der Waals surface area contributed by atoms with Crippen LogP contribution in [0.3, 0.4) is 0 Å². The molecule has 7 aromatic rings. The number of carbonyl (C=O) groups is 4. The van der Waals surface area contributed by atoms with Crippen molar-refractivity contribution in [3.8, 4) is 17.0 Å². The van der Waals surface area contributed by atoms with Gasteiger partial charge in [-0.25, -0.2) is 19.1 Å². The molecule has 0 spiro atoms. The molecule has 0 aliphatic carbocycles. The maximum Gasteiger partial charge on any atom is 0.362 e. The molecule has 0 saturated carbocycles. The molecule has 79 heavy (non-hydrogen) atoms. The summed E-state index contributed by atoms with van der Waals surface area (Å²) >= 11 is 3.99. The molecule has 2 amide bonds. The number of nitrogen functional groups attached to an aromatic ring is 1. The molecular weight excluding hydrogens is 1080 g/mol. The number of ether oxygens (including phenoxy) is 3. The highest BCUT2D eigenvalue weighted by molar-refractivity contribution is 8.01. The number of benzene rings is 5. The molecule has 16 nitrogen and oxygen atoms in total. The van der Waals surface area contributed by atoms with E-state index in [1.807, 2.05) is 133 Å². The summed E-state index contributed by atoms with van der Waals surface area (Å²) in [7, 11) is 3.46. The number of hydrogen-bond donors (Lipinski definition) is 3. The molecule has 4 N–H and O–H groups in total. The Morgan fingerprint density at radius 2 is 1.42 bits per heavy atom. The van der Waals surface area contributed by atoms with E-state index < -0.39 is 51.9 Å². The number of thiazole rings is 1. The predicted molar refractivity (Wildman–Crippen MR) is 303 cm³/mol. The highest BCUT2D eigenvalue weighted by atomic mass is 35.5. The van der Waals surface area contributed by atoms with Crippen LogP contribution in [0.1, 0.15) is 62.6 Å². The van der Waals surface area contributed by atoms with Gasteiger partial charge in [-0.3, -0.25) is 14.5 Å². The third kappa shape index (κ3) is 12.8. The van der Waals surface area contributed by atoms with Crippen LogP contribution in [0.15, 0.2) is 179 Å². The summed E-state index contributed by atoms with van der Waals surface area (Å²) < 4.78 is 18.8. The number of rotatable bonds is 19. The SMILES string of the molecule is COc1ccc(COC(=O)C2=C(CSc3nc(N)cc(-c4ccccc4)[n+]3C)CSC3C(NC(=O)/C(=N\OC(C)(C)C(=O)OC(C)(C)C)c4csc(NC(c5ccccc5)(c5ccccc5)c5ccccc5)n4)C(=O)N23)cc1.[Cl-]. The van der Waals surface area contributed by atoms with Gasteiger partial charge < -0.3 is 47.8 Å². The van der Waals surface area contributed by atoms with Crippen molar-refractivity contribution in [3.63, 3.8) is 0 Å². The van der Waals surface area contributed by atoms with Crippen LogP contribution in [0.2, 0.25) is 0 Å². The molecule has 4 heterocycles. The van der Waals surface area contributed by atoms with Crippen molar-refractivity contribution in [2.75, 3.05) is 29.7 Å². The number of aromatic nitrogens is 3. The van der Waals surface area contributed by atoms with E-state index in [-0.39, 0.29) is 41.9 Å². The lowest BCUT2D eigenvalue weighted by Gasteiger charge is -2.49. The lowest BCUT2D eigenvalue weighted by molar-refractivity contribution is -0.702. The van der Waals surface area contributed by atoms with Crippen LogP contribution in [0.4, 0.5) is 10.9 Å². The largest absolute Gasteiger partial charge is 1.00 e. The second-order valence-electron chi connectivity index (χ2n) is 19.9.